The summed E-state index contributed by atoms with van der Waals surface area (Å²) in [4.78, 5) is 0. The maximum atomic E-state index is 10.2. The van der Waals surface area contributed by atoms with E-state index in [1.807, 2.05) is 12.1 Å². The van der Waals surface area contributed by atoms with Crippen LogP contribution in [-0.2, 0) is 11.8 Å². The van der Waals surface area contributed by atoms with Gasteiger partial charge in [-0.1, -0.05) is 20.8 Å². The first-order valence-corrected chi connectivity index (χ1v) is 6.80. The van der Waals surface area contributed by atoms with Crippen molar-refractivity contribution in [1.82, 2.24) is 0 Å². The van der Waals surface area contributed by atoms with E-state index in [0.29, 0.717) is 5.75 Å². The summed E-state index contributed by atoms with van der Waals surface area (Å²) in [5, 5.41) is 10.2. The van der Waals surface area contributed by atoms with E-state index in [9.17, 15) is 5.11 Å². The first kappa shape index (κ1) is 13.3. The van der Waals surface area contributed by atoms with Crippen LogP contribution in [-0.4, -0.2) is 10.7 Å². The molecule has 0 saturated heterocycles. The molecule has 0 bridgehead atoms. The Hall–Kier alpha value is -1.18. The summed E-state index contributed by atoms with van der Waals surface area (Å²) >= 11 is 0. The maximum Gasteiger partial charge on any atom is 0.123 e. The van der Waals surface area contributed by atoms with Crippen molar-refractivity contribution in [2.75, 3.05) is 0 Å². The molecule has 0 fully saturated rings. The number of hydrogen-bond acceptors (Lipinski definition) is 2. The van der Waals surface area contributed by atoms with E-state index in [2.05, 4.69) is 34.6 Å². The minimum Gasteiger partial charge on any atom is -0.508 e. The van der Waals surface area contributed by atoms with E-state index in [4.69, 9.17) is 4.74 Å². The van der Waals surface area contributed by atoms with Gasteiger partial charge in [0.25, 0.3) is 0 Å². The highest BCUT2D eigenvalue weighted by Crippen LogP contribution is 2.41. The van der Waals surface area contributed by atoms with Crippen LogP contribution in [0, 0.1) is 0 Å². The Bertz CT molecular complexity index is 458. The number of phenols is 1. The second-order valence-corrected chi connectivity index (χ2v) is 6.58. The first-order chi connectivity index (χ1) is 8.25. The largest absolute Gasteiger partial charge is 0.508 e. The van der Waals surface area contributed by atoms with Crippen molar-refractivity contribution in [3.05, 3.63) is 23.3 Å². The zero-order valence-electron chi connectivity index (χ0n) is 12.1. The van der Waals surface area contributed by atoms with Gasteiger partial charge in [0.15, 0.2) is 0 Å². The lowest BCUT2D eigenvalue weighted by Crippen LogP contribution is -2.32. The van der Waals surface area contributed by atoms with Crippen LogP contribution in [0.2, 0.25) is 0 Å². The molecule has 2 nitrogen and oxygen atoms in total. The molecular weight excluding hydrogens is 224 g/mol. The van der Waals surface area contributed by atoms with Crippen LogP contribution < -0.4 is 4.74 Å². The van der Waals surface area contributed by atoms with Gasteiger partial charge in [-0.25, -0.2) is 0 Å². The van der Waals surface area contributed by atoms with Crippen LogP contribution in [0.5, 0.6) is 11.5 Å². The summed E-state index contributed by atoms with van der Waals surface area (Å²) in [6.07, 6.45) is 2.96. The molecule has 0 aromatic heterocycles. The van der Waals surface area contributed by atoms with Crippen molar-refractivity contribution in [2.24, 2.45) is 0 Å². The third-order valence-corrected chi connectivity index (χ3v) is 4.17. The van der Waals surface area contributed by atoms with Gasteiger partial charge in [-0.2, -0.15) is 0 Å². The van der Waals surface area contributed by atoms with Crippen molar-refractivity contribution in [2.45, 2.75) is 64.9 Å². The summed E-state index contributed by atoms with van der Waals surface area (Å²) in [5.41, 5.74) is 1.99. The van der Waals surface area contributed by atoms with E-state index < -0.39 is 0 Å². The highest BCUT2D eigenvalue weighted by molar-refractivity contribution is 5.49. The highest BCUT2D eigenvalue weighted by Gasteiger charge is 2.30. The SMILES string of the molecule is CCC(C)(C)c1cc2c(cc1O)CCC(C)(C)O2. The molecule has 1 heterocycles. The van der Waals surface area contributed by atoms with Crippen molar-refractivity contribution in [1.29, 1.82) is 0 Å². The van der Waals surface area contributed by atoms with Crippen molar-refractivity contribution >= 4 is 0 Å². The molecule has 0 radical (unpaired) electrons. The van der Waals surface area contributed by atoms with Crippen molar-refractivity contribution < 1.29 is 9.84 Å². The van der Waals surface area contributed by atoms with Crippen molar-refractivity contribution in [3.8, 4) is 11.5 Å². The number of fused-ring (bicyclic) bond motifs is 1. The molecule has 0 amide bonds. The Morgan fingerprint density at radius 2 is 2.00 bits per heavy atom. The Morgan fingerprint density at radius 3 is 2.61 bits per heavy atom. The van der Waals surface area contributed by atoms with Gasteiger partial charge in [-0.05, 0) is 56.2 Å². The van der Waals surface area contributed by atoms with Crippen LogP contribution in [0.4, 0.5) is 0 Å². The quantitative estimate of drug-likeness (QED) is 0.850. The molecule has 1 aromatic carbocycles. The van der Waals surface area contributed by atoms with Crippen LogP contribution in [0.25, 0.3) is 0 Å². The lowest BCUT2D eigenvalue weighted by molar-refractivity contribution is 0.0842. The fraction of sp³-hybridized carbons (Fsp3) is 0.625. The zero-order chi connectivity index (χ0) is 13.6. The van der Waals surface area contributed by atoms with Gasteiger partial charge in [0.05, 0.1) is 0 Å². The van der Waals surface area contributed by atoms with Crippen molar-refractivity contribution in [3.63, 3.8) is 0 Å². The Kier molecular flexibility index (Phi) is 3.08. The zero-order valence-corrected chi connectivity index (χ0v) is 12.1. The van der Waals surface area contributed by atoms with Gasteiger partial charge < -0.3 is 9.84 Å². The van der Waals surface area contributed by atoms with E-state index >= 15 is 0 Å². The van der Waals surface area contributed by atoms with Gasteiger partial charge in [-0.3, -0.25) is 0 Å². The van der Waals surface area contributed by atoms with E-state index in [1.54, 1.807) is 0 Å². The Balaban J connectivity index is 2.47. The predicted octanol–water partition coefficient (Wildman–Crippen LogP) is 4.18. The average Bonchev–Trinajstić information content (AvgIpc) is 2.28. The molecule has 100 valence electrons. The van der Waals surface area contributed by atoms with Crippen LogP contribution >= 0.6 is 0 Å². The van der Waals surface area contributed by atoms with Crippen LogP contribution in [0.15, 0.2) is 12.1 Å². The lowest BCUT2D eigenvalue weighted by atomic mass is 9.80. The smallest absolute Gasteiger partial charge is 0.123 e. The molecule has 1 N–H and O–H groups in total. The predicted molar refractivity (Wildman–Crippen MR) is 74.5 cm³/mol. The molecule has 0 unspecified atom stereocenters. The topological polar surface area (TPSA) is 29.5 Å². The second-order valence-electron chi connectivity index (χ2n) is 6.58. The minimum atomic E-state index is -0.0996. The standard InChI is InChI=1S/C16H24O2/c1-6-15(2,3)12-10-14-11(9-13(12)17)7-8-16(4,5)18-14/h9-10,17H,6-8H2,1-5H3. The fourth-order valence-electron chi connectivity index (χ4n) is 2.42. The molecule has 1 aliphatic rings. The van der Waals surface area contributed by atoms with Gasteiger partial charge in [0.1, 0.15) is 17.1 Å². The van der Waals surface area contributed by atoms with Crippen LogP contribution in [0.3, 0.4) is 0 Å². The third-order valence-electron chi connectivity index (χ3n) is 4.17. The van der Waals surface area contributed by atoms with E-state index in [0.717, 1.165) is 36.1 Å². The van der Waals surface area contributed by atoms with Gasteiger partial charge >= 0.3 is 0 Å². The number of rotatable bonds is 2. The summed E-state index contributed by atoms with van der Waals surface area (Å²) < 4.78 is 6.04. The Morgan fingerprint density at radius 1 is 1.33 bits per heavy atom. The second kappa shape index (κ2) is 4.18. The monoisotopic (exact) mass is 248 g/mol. The molecule has 0 saturated carbocycles. The molecule has 1 aromatic rings. The fourth-order valence-corrected chi connectivity index (χ4v) is 2.42. The Labute approximate surface area is 110 Å². The molecular formula is C16H24O2. The number of ether oxygens (including phenoxy) is 1. The van der Waals surface area contributed by atoms with Gasteiger partial charge in [0.2, 0.25) is 0 Å². The molecule has 2 heteroatoms. The first-order valence-electron chi connectivity index (χ1n) is 6.80. The summed E-state index contributed by atoms with van der Waals surface area (Å²) in [6.45, 7) is 10.7. The van der Waals surface area contributed by atoms with Gasteiger partial charge in [-0.15, -0.1) is 0 Å². The van der Waals surface area contributed by atoms with E-state index in [-0.39, 0.29) is 11.0 Å². The number of hydrogen-bond donors (Lipinski definition) is 1. The normalized spacial score (nSPS) is 18.1. The van der Waals surface area contributed by atoms with E-state index in [1.165, 1.54) is 0 Å². The number of aryl methyl sites for hydroxylation is 1. The molecule has 0 aliphatic carbocycles. The number of benzene rings is 1. The lowest BCUT2D eigenvalue weighted by Gasteiger charge is -2.34. The molecule has 18 heavy (non-hydrogen) atoms. The highest BCUT2D eigenvalue weighted by atomic mass is 16.5. The summed E-state index contributed by atoms with van der Waals surface area (Å²) in [6, 6.07) is 3.92. The van der Waals surface area contributed by atoms with Crippen LogP contribution in [0.1, 0.15) is 58.6 Å². The number of aromatic hydroxyl groups is 1. The third kappa shape index (κ3) is 2.33. The number of phenolic OH excluding ortho intramolecular Hbond substituents is 1. The molecule has 2 rings (SSSR count). The average molecular weight is 248 g/mol. The minimum absolute atomic E-state index is 0.0237. The van der Waals surface area contributed by atoms with Gasteiger partial charge in [0, 0.05) is 5.56 Å². The summed E-state index contributed by atoms with van der Waals surface area (Å²) in [5.74, 6) is 1.35. The summed E-state index contributed by atoms with van der Waals surface area (Å²) in [7, 11) is 0. The molecule has 1 aliphatic heterocycles. The maximum absolute atomic E-state index is 10.2. The molecule has 0 atom stereocenters. The molecule has 0 spiro atoms.